The highest BCUT2D eigenvalue weighted by Crippen LogP contribution is 2.36. The van der Waals surface area contributed by atoms with E-state index >= 15 is 0 Å². The Balaban J connectivity index is 1.26. The molecule has 0 unspecified atom stereocenters. The third-order valence-electron chi connectivity index (χ3n) is 5.83. The van der Waals surface area contributed by atoms with E-state index in [1.165, 1.54) is 31.5 Å². The summed E-state index contributed by atoms with van der Waals surface area (Å²) in [5.74, 6) is 2.00. The number of allylic oxidation sites excluding steroid dienone is 3. The fourth-order valence-electron chi connectivity index (χ4n) is 4.01. The van der Waals surface area contributed by atoms with Crippen LogP contribution in [0.25, 0.3) is 5.57 Å². The summed E-state index contributed by atoms with van der Waals surface area (Å²) in [6.07, 6.45) is 9.54. The van der Waals surface area contributed by atoms with Crippen LogP contribution in [0.3, 0.4) is 0 Å². The van der Waals surface area contributed by atoms with E-state index in [1.54, 1.807) is 34.4 Å². The number of ether oxygens (including phenoxy) is 1. The first-order valence-electron chi connectivity index (χ1n) is 12.2. The van der Waals surface area contributed by atoms with E-state index in [1.807, 2.05) is 5.51 Å². The molecule has 1 aliphatic rings. The molecule has 3 aromatic rings. The number of nitrogens with one attached hydrogen (secondary N) is 3. The first kappa shape index (κ1) is 27.3. The molecule has 0 bridgehead atoms. The maximum Gasteiger partial charge on any atom is 0.138 e. The number of benzene rings is 1. The number of aromatic nitrogens is 1. The van der Waals surface area contributed by atoms with Gasteiger partial charge in [0.1, 0.15) is 11.6 Å². The topological polar surface area (TPSA) is 58.2 Å². The van der Waals surface area contributed by atoms with E-state index in [-0.39, 0.29) is 0 Å². The summed E-state index contributed by atoms with van der Waals surface area (Å²) in [6, 6.07) is 6.51. The minimum absolute atomic E-state index is 0.638. The number of thiazole rings is 1. The van der Waals surface area contributed by atoms with E-state index in [0.717, 1.165) is 60.6 Å². The Labute approximate surface area is 235 Å². The molecule has 36 heavy (non-hydrogen) atoms. The highest BCUT2D eigenvalue weighted by molar-refractivity contribution is 9.10. The lowest BCUT2D eigenvalue weighted by Gasteiger charge is -2.20. The highest BCUT2D eigenvalue weighted by atomic mass is 79.9. The molecule has 5 nitrogen and oxygen atoms in total. The number of halogens is 1. The second-order valence-electron chi connectivity index (χ2n) is 8.43. The van der Waals surface area contributed by atoms with E-state index in [2.05, 4.69) is 92.7 Å². The van der Waals surface area contributed by atoms with Crippen molar-refractivity contribution >= 4 is 61.6 Å². The van der Waals surface area contributed by atoms with Crippen molar-refractivity contribution in [3.05, 3.63) is 72.5 Å². The number of nitrogens with zero attached hydrogens (tertiary/aromatic N) is 1. The van der Waals surface area contributed by atoms with Crippen molar-refractivity contribution in [3.8, 4) is 5.75 Å². The summed E-state index contributed by atoms with van der Waals surface area (Å²) >= 11 is 8.96. The van der Waals surface area contributed by atoms with Crippen molar-refractivity contribution in [1.29, 1.82) is 0 Å². The lowest BCUT2D eigenvalue weighted by atomic mass is 10.1. The number of thioether (sulfide) groups is 1. The van der Waals surface area contributed by atoms with Crippen LogP contribution >= 0.6 is 50.4 Å². The van der Waals surface area contributed by atoms with Crippen LogP contribution in [0.5, 0.6) is 5.75 Å². The van der Waals surface area contributed by atoms with Gasteiger partial charge in [0, 0.05) is 34.8 Å². The molecule has 0 atom stereocenters. The molecular weight excluding hydrogens is 572 g/mol. The lowest BCUT2D eigenvalue weighted by molar-refractivity contribution is 0.316. The van der Waals surface area contributed by atoms with Gasteiger partial charge in [0.15, 0.2) is 0 Å². The monoisotopic (exact) mass is 604 g/mol. The van der Waals surface area contributed by atoms with E-state index in [4.69, 9.17) is 4.74 Å². The molecule has 1 aliphatic heterocycles. The zero-order valence-electron chi connectivity index (χ0n) is 20.9. The van der Waals surface area contributed by atoms with Gasteiger partial charge in [-0.1, -0.05) is 13.0 Å². The minimum atomic E-state index is 0.638. The Hall–Kier alpha value is -1.78. The molecule has 3 heterocycles. The second kappa shape index (κ2) is 13.7. The van der Waals surface area contributed by atoms with Gasteiger partial charge in [-0.2, -0.15) is 0 Å². The molecule has 192 valence electrons. The van der Waals surface area contributed by atoms with Crippen molar-refractivity contribution in [1.82, 2.24) is 15.6 Å². The predicted molar refractivity (Wildman–Crippen MR) is 161 cm³/mol. The summed E-state index contributed by atoms with van der Waals surface area (Å²) < 4.78 is 7.26. The smallest absolute Gasteiger partial charge is 0.138 e. The average molecular weight is 606 g/mol. The summed E-state index contributed by atoms with van der Waals surface area (Å²) in [4.78, 5) is 8.18. The van der Waals surface area contributed by atoms with Gasteiger partial charge in [-0.3, -0.25) is 0 Å². The van der Waals surface area contributed by atoms with Gasteiger partial charge in [0.25, 0.3) is 0 Å². The fraction of sp³-hybridized carbons (Fsp3) is 0.370. The third-order valence-corrected chi connectivity index (χ3v) is 9.09. The van der Waals surface area contributed by atoms with Gasteiger partial charge in [-0.05, 0) is 83.7 Å². The lowest BCUT2D eigenvalue weighted by Crippen LogP contribution is -2.26. The van der Waals surface area contributed by atoms with Crippen LogP contribution in [0, 0.1) is 6.92 Å². The number of fused-ring (bicyclic) bond motifs is 1. The Morgan fingerprint density at radius 3 is 2.92 bits per heavy atom. The van der Waals surface area contributed by atoms with Gasteiger partial charge in [0.05, 0.1) is 32.8 Å². The Morgan fingerprint density at radius 1 is 1.25 bits per heavy atom. The third kappa shape index (κ3) is 7.16. The van der Waals surface area contributed by atoms with Crippen LogP contribution < -0.4 is 20.7 Å². The van der Waals surface area contributed by atoms with Crippen molar-refractivity contribution in [3.63, 3.8) is 0 Å². The van der Waals surface area contributed by atoms with Gasteiger partial charge < -0.3 is 20.7 Å². The highest BCUT2D eigenvalue weighted by Gasteiger charge is 2.15. The SMILES string of the molecule is CC/C=C1\C=C(NCCCNCc2cc(SC)cc(Br)c2OCCc2scnc2C)Nc2ccsc21. The van der Waals surface area contributed by atoms with Crippen LogP contribution in [-0.2, 0) is 13.0 Å². The molecule has 0 saturated heterocycles. The normalized spacial score (nSPS) is 13.9. The Kier molecular flexibility index (Phi) is 10.4. The molecule has 0 amide bonds. The Morgan fingerprint density at radius 2 is 2.14 bits per heavy atom. The number of aryl methyl sites for hydroxylation is 1. The fourth-order valence-corrected chi connectivity index (χ4v) is 6.90. The Bertz CT molecular complexity index is 1220. The maximum atomic E-state index is 6.26. The van der Waals surface area contributed by atoms with E-state index in [9.17, 15) is 0 Å². The predicted octanol–water partition coefficient (Wildman–Crippen LogP) is 7.45. The molecule has 9 heteroatoms. The van der Waals surface area contributed by atoms with E-state index < -0.39 is 0 Å². The van der Waals surface area contributed by atoms with Crippen molar-refractivity contribution in [2.75, 3.05) is 31.3 Å². The van der Waals surface area contributed by atoms with Crippen molar-refractivity contribution < 1.29 is 4.74 Å². The van der Waals surface area contributed by atoms with E-state index in [0.29, 0.717) is 6.61 Å². The molecule has 4 rings (SSSR count). The first-order chi connectivity index (χ1) is 17.6. The van der Waals surface area contributed by atoms with Gasteiger partial charge in [0.2, 0.25) is 0 Å². The molecule has 1 aromatic carbocycles. The van der Waals surface area contributed by atoms with Gasteiger partial charge in [-0.15, -0.1) is 34.4 Å². The summed E-state index contributed by atoms with van der Waals surface area (Å²) in [5, 5.41) is 12.8. The van der Waals surface area contributed by atoms with Gasteiger partial charge in [-0.25, -0.2) is 4.98 Å². The number of hydrogen-bond donors (Lipinski definition) is 3. The minimum Gasteiger partial charge on any atom is -0.492 e. The van der Waals surface area contributed by atoms with Crippen molar-refractivity contribution in [2.45, 2.75) is 44.6 Å². The van der Waals surface area contributed by atoms with Crippen LogP contribution in [0.4, 0.5) is 5.69 Å². The second-order valence-corrected chi connectivity index (χ2v) is 12.0. The summed E-state index contributed by atoms with van der Waals surface area (Å²) in [5.41, 5.74) is 6.68. The summed E-state index contributed by atoms with van der Waals surface area (Å²) in [7, 11) is 0. The maximum absolute atomic E-state index is 6.26. The standard InChI is InChI=1S/C27H33BrN4OS3/c1-4-6-19-14-25(32-23-8-12-35-27(19)23)30-10-5-9-29-16-20-13-21(34-3)15-22(28)26(20)33-11-7-24-18(2)31-17-36-24/h6,8,12-15,17,29-30,32H,4-5,7,9-11,16H2,1-3H3/b19-6+. The number of thiophene rings is 1. The molecule has 3 N–H and O–H groups in total. The van der Waals surface area contributed by atoms with Crippen LogP contribution in [0.1, 0.15) is 40.8 Å². The van der Waals surface area contributed by atoms with Crippen molar-refractivity contribution in [2.24, 2.45) is 0 Å². The molecule has 0 fully saturated rings. The van der Waals surface area contributed by atoms with Gasteiger partial charge >= 0.3 is 0 Å². The molecule has 2 aromatic heterocycles. The first-order valence-corrected chi connectivity index (χ1v) is 16.0. The molecule has 0 aliphatic carbocycles. The largest absolute Gasteiger partial charge is 0.492 e. The van der Waals surface area contributed by atoms with Crippen LogP contribution in [0.15, 0.2) is 56.4 Å². The molecular formula is C27H33BrN4OS3. The number of hydrogen-bond acceptors (Lipinski definition) is 8. The number of anilines is 1. The zero-order chi connectivity index (χ0) is 25.3. The van der Waals surface area contributed by atoms with Crippen LogP contribution in [0.2, 0.25) is 0 Å². The molecule has 0 radical (unpaired) electrons. The molecule has 0 saturated carbocycles. The number of rotatable bonds is 13. The quantitative estimate of drug-likeness (QED) is 0.139. The molecule has 0 spiro atoms. The zero-order valence-corrected chi connectivity index (χ0v) is 25.0. The summed E-state index contributed by atoms with van der Waals surface area (Å²) in [6.45, 7) is 7.46. The average Bonchev–Trinajstić information content (AvgIpc) is 3.51. The van der Waals surface area contributed by atoms with Crippen LogP contribution in [-0.4, -0.2) is 30.9 Å².